The number of nitrogens with one attached hydrogen (secondary N) is 2. The number of para-hydroxylation sites is 1. The normalized spacial score (nSPS) is 12.4. The van der Waals surface area contributed by atoms with Crippen LogP contribution < -0.4 is 9.44 Å². The molecule has 0 spiro atoms. The summed E-state index contributed by atoms with van der Waals surface area (Å²) in [4.78, 5) is 11.3. The lowest BCUT2D eigenvalue weighted by molar-refractivity contribution is -0.137. The van der Waals surface area contributed by atoms with E-state index in [0.29, 0.717) is 12.1 Å². The Morgan fingerprint density at radius 1 is 0.963 bits per heavy atom. The minimum Gasteiger partial charge on any atom is -0.279 e. The van der Waals surface area contributed by atoms with Gasteiger partial charge in [0, 0.05) is 0 Å². The van der Waals surface area contributed by atoms with Crippen LogP contribution in [0.4, 0.5) is 18.9 Å². The minimum absolute atomic E-state index is 0.295. The van der Waals surface area contributed by atoms with Crippen LogP contribution in [0.15, 0.2) is 53.4 Å². The van der Waals surface area contributed by atoms with Gasteiger partial charge in [0.2, 0.25) is 10.0 Å². The predicted octanol–water partition coefficient (Wildman–Crippen LogP) is 2.20. The number of carbonyl (C=O) groups excluding carboxylic acids is 1. The van der Waals surface area contributed by atoms with Crippen molar-refractivity contribution in [3.05, 3.63) is 59.7 Å². The molecular formula is C15H13F3N2O5S2. The van der Waals surface area contributed by atoms with E-state index in [9.17, 15) is 34.8 Å². The molecule has 0 aliphatic heterocycles. The smallest absolute Gasteiger partial charge is 0.279 e. The molecule has 2 aromatic carbocycles. The molecule has 0 aromatic heterocycles. The van der Waals surface area contributed by atoms with Crippen molar-refractivity contribution in [3.63, 3.8) is 0 Å². The maximum Gasteiger partial charge on any atom is 0.416 e. The molecular weight excluding hydrogens is 409 g/mol. The number of benzene rings is 2. The van der Waals surface area contributed by atoms with Crippen molar-refractivity contribution in [2.75, 3.05) is 11.0 Å². The Morgan fingerprint density at radius 2 is 1.59 bits per heavy atom. The van der Waals surface area contributed by atoms with Gasteiger partial charge in [-0.25, -0.2) is 21.6 Å². The number of anilines is 1. The average molecular weight is 422 g/mol. The van der Waals surface area contributed by atoms with E-state index in [1.165, 1.54) is 18.2 Å². The highest BCUT2D eigenvalue weighted by Gasteiger charge is 2.32. The van der Waals surface area contributed by atoms with Crippen molar-refractivity contribution >= 4 is 31.6 Å². The minimum atomic E-state index is -4.74. The first-order valence-electron chi connectivity index (χ1n) is 7.11. The number of carbonyl (C=O) groups is 1. The van der Waals surface area contributed by atoms with Gasteiger partial charge in [-0.1, -0.05) is 18.2 Å². The standard InChI is InChI=1S/C15H13F3N2O5S2/c1-26(22,23)20-14(21)12-7-2-3-8-13(12)19-27(24,25)11-6-4-5-10(9-11)15(16,17)18/h2-9,19H,1H3,(H,20,21). The number of rotatable bonds is 5. The van der Waals surface area contributed by atoms with E-state index < -0.39 is 42.6 Å². The van der Waals surface area contributed by atoms with Crippen molar-refractivity contribution in [2.45, 2.75) is 11.1 Å². The maximum atomic E-state index is 12.8. The summed E-state index contributed by atoms with van der Waals surface area (Å²) in [5.41, 5.74) is -1.77. The van der Waals surface area contributed by atoms with E-state index in [1.807, 2.05) is 4.72 Å². The quantitative estimate of drug-likeness (QED) is 0.768. The van der Waals surface area contributed by atoms with Gasteiger partial charge < -0.3 is 0 Å². The first-order chi connectivity index (χ1) is 12.3. The molecule has 0 saturated heterocycles. The highest BCUT2D eigenvalue weighted by atomic mass is 32.2. The number of alkyl halides is 3. The van der Waals surface area contributed by atoms with Crippen molar-refractivity contribution in [1.82, 2.24) is 4.72 Å². The van der Waals surface area contributed by atoms with Gasteiger partial charge in [0.15, 0.2) is 0 Å². The van der Waals surface area contributed by atoms with Gasteiger partial charge in [-0.15, -0.1) is 0 Å². The topological polar surface area (TPSA) is 109 Å². The molecule has 2 rings (SSSR count). The summed E-state index contributed by atoms with van der Waals surface area (Å²) in [7, 11) is -8.38. The lowest BCUT2D eigenvalue weighted by Gasteiger charge is -2.13. The Kier molecular flexibility index (Phi) is 5.52. The largest absolute Gasteiger partial charge is 0.416 e. The van der Waals surface area contributed by atoms with Crippen molar-refractivity contribution < 1.29 is 34.8 Å². The second-order valence-corrected chi connectivity index (χ2v) is 8.81. The first-order valence-corrected chi connectivity index (χ1v) is 10.5. The summed E-state index contributed by atoms with van der Waals surface area (Å²) in [5.74, 6) is -1.10. The number of hydrogen-bond donors (Lipinski definition) is 2. The molecule has 0 bridgehead atoms. The molecule has 2 aromatic rings. The van der Waals surface area contributed by atoms with E-state index in [-0.39, 0.29) is 11.3 Å². The fraction of sp³-hybridized carbons (Fsp3) is 0.133. The van der Waals surface area contributed by atoms with E-state index in [0.717, 1.165) is 24.5 Å². The summed E-state index contributed by atoms with van der Waals surface area (Å²) >= 11 is 0. The lowest BCUT2D eigenvalue weighted by atomic mass is 10.2. The molecule has 7 nitrogen and oxygen atoms in total. The van der Waals surface area contributed by atoms with Crippen LogP contribution in [-0.2, 0) is 26.2 Å². The number of amides is 1. The van der Waals surface area contributed by atoms with Gasteiger partial charge in [0.1, 0.15) is 0 Å². The molecule has 1 amide bonds. The third-order valence-electron chi connectivity index (χ3n) is 3.17. The van der Waals surface area contributed by atoms with Crippen LogP contribution in [0.25, 0.3) is 0 Å². The van der Waals surface area contributed by atoms with E-state index in [1.54, 1.807) is 4.72 Å². The number of sulfonamides is 2. The Balaban J connectivity index is 2.41. The average Bonchev–Trinajstić information content (AvgIpc) is 2.52. The molecule has 27 heavy (non-hydrogen) atoms. The summed E-state index contributed by atoms with van der Waals surface area (Å²) < 4.78 is 89.2. The van der Waals surface area contributed by atoms with E-state index >= 15 is 0 Å². The van der Waals surface area contributed by atoms with Gasteiger partial charge in [-0.3, -0.25) is 9.52 Å². The van der Waals surface area contributed by atoms with Crippen LogP contribution in [0.1, 0.15) is 15.9 Å². The van der Waals surface area contributed by atoms with Gasteiger partial charge >= 0.3 is 6.18 Å². The molecule has 0 aliphatic rings. The molecule has 146 valence electrons. The zero-order valence-corrected chi connectivity index (χ0v) is 15.2. The highest BCUT2D eigenvalue weighted by Crippen LogP contribution is 2.31. The molecule has 0 fully saturated rings. The summed E-state index contributed by atoms with van der Waals surface area (Å²) in [6.07, 6.45) is -4.00. The molecule has 0 atom stereocenters. The second-order valence-electron chi connectivity index (χ2n) is 5.38. The van der Waals surface area contributed by atoms with Gasteiger partial charge in [0.25, 0.3) is 15.9 Å². The molecule has 0 unspecified atom stereocenters. The van der Waals surface area contributed by atoms with Crippen molar-refractivity contribution in [1.29, 1.82) is 0 Å². The molecule has 0 radical (unpaired) electrons. The summed E-state index contributed by atoms with van der Waals surface area (Å²) in [6.45, 7) is 0. The maximum absolute atomic E-state index is 12.8. The third-order valence-corrected chi connectivity index (χ3v) is 5.09. The summed E-state index contributed by atoms with van der Waals surface area (Å²) in [5, 5.41) is 0. The van der Waals surface area contributed by atoms with Crippen molar-refractivity contribution in [2.24, 2.45) is 0 Å². The number of hydrogen-bond acceptors (Lipinski definition) is 5. The Labute approximate surface area is 153 Å². The Bertz CT molecular complexity index is 1080. The molecule has 0 heterocycles. The van der Waals surface area contributed by atoms with Crippen LogP contribution in [0.5, 0.6) is 0 Å². The monoisotopic (exact) mass is 422 g/mol. The van der Waals surface area contributed by atoms with E-state index in [4.69, 9.17) is 0 Å². The summed E-state index contributed by atoms with van der Waals surface area (Å²) in [6, 6.07) is 8.10. The highest BCUT2D eigenvalue weighted by molar-refractivity contribution is 7.92. The third kappa shape index (κ3) is 5.44. The fourth-order valence-electron chi connectivity index (χ4n) is 2.04. The van der Waals surface area contributed by atoms with E-state index in [2.05, 4.69) is 0 Å². The zero-order valence-electron chi connectivity index (χ0n) is 13.6. The van der Waals surface area contributed by atoms with Crippen LogP contribution in [0.2, 0.25) is 0 Å². The van der Waals surface area contributed by atoms with Crippen LogP contribution in [0.3, 0.4) is 0 Å². The molecule has 0 saturated carbocycles. The fourth-order valence-corrected chi connectivity index (χ4v) is 3.61. The van der Waals surface area contributed by atoms with Gasteiger partial charge in [0.05, 0.1) is 28.0 Å². The van der Waals surface area contributed by atoms with Gasteiger partial charge in [-0.05, 0) is 30.3 Å². The Morgan fingerprint density at radius 3 is 2.19 bits per heavy atom. The van der Waals surface area contributed by atoms with Crippen LogP contribution in [0, 0.1) is 0 Å². The van der Waals surface area contributed by atoms with Crippen LogP contribution in [-0.4, -0.2) is 29.0 Å². The molecule has 0 aliphatic carbocycles. The predicted molar refractivity (Wildman–Crippen MR) is 91.0 cm³/mol. The molecule has 12 heteroatoms. The van der Waals surface area contributed by atoms with Crippen LogP contribution >= 0.6 is 0 Å². The lowest BCUT2D eigenvalue weighted by Crippen LogP contribution is -2.30. The second kappa shape index (κ2) is 7.19. The Hall–Kier alpha value is -2.60. The zero-order chi connectivity index (χ0) is 20.5. The first kappa shape index (κ1) is 20.7. The molecule has 2 N–H and O–H groups in total. The number of halogens is 3. The van der Waals surface area contributed by atoms with Crippen molar-refractivity contribution in [3.8, 4) is 0 Å². The van der Waals surface area contributed by atoms with Gasteiger partial charge in [-0.2, -0.15) is 13.2 Å². The SMILES string of the molecule is CS(=O)(=O)NC(=O)c1ccccc1NS(=O)(=O)c1cccc(C(F)(F)F)c1.